The van der Waals surface area contributed by atoms with Crippen LogP contribution in [0.25, 0.3) is 21.9 Å². The predicted octanol–water partition coefficient (Wildman–Crippen LogP) is 7.89. The Balaban J connectivity index is 1.58. The van der Waals surface area contributed by atoms with Crippen LogP contribution in [0.15, 0.2) is 89.3 Å². The number of aryl methyl sites for hydroxylation is 2. The molecule has 7 heteroatoms. The van der Waals surface area contributed by atoms with Gasteiger partial charge in [-0.15, -0.1) is 0 Å². The van der Waals surface area contributed by atoms with Crippen LogP contribution in [0.2, 0.25) is 0 Å². The predicted molar refractivity (Wildman–Crippen MR) is 135 cm³/mol. The minimum Gasteiger partial charge on any atom is -0.495 e. The molecule has 0 saturated heterocycles. The summed E-state index contributed by atoms with van der Waals surface area (Å²) in [5, 5.41) is 4.84. The second kappa shape index (κ2) is 8.81. The molecule has 0 aliphatic carbocycles. The van der Waals surface area contributed by atoms with Gasteiger partial charge in [0.15, 0.2) is 0 Å². The van der Waals surface area contributed by atoms with Gasteiger partial charge in [0.05, 0.1) is 12.8 Å². The summed E-state index contributed by atoms with van der Waals surface area (Å²) < 4.78 is 37.6. The van der Waals surface area contributed by atoms with Crippen molar-refractivity contribution >= 4 is 35.4 Å². The van der Waals surface area contributed by atoms with Crippen LogP contribution in [-0.2, 0) is 4.57 Å². The van der Waals surface area contributed by atoms with Crippen molar-refractivity contribution in [1.82, 2.24) is 0 Å². The van der Waals surface area contributed by atoms with Crippen LogP contribution in [0.5, 0.6) is 17.2 Å². The van der Waals surface area contributed by atoms with Crippen LogP contribution in [0.3, 0.4) is 0 Å². The van der Waals surface area contributed by atoms with Gasteiger partial charge in [-0.25, -0.2) is 4.57 Å². The number of furan rings is 1. The molecule has 0 aliphatic heterocycles. The van der Waals surface area contributed by atoms with E-state index in [9.17, 15) is 4.57 Å². The molecule has 0 bridgehead atoms. The minimum atomic E-state index is -3.95. The second-order valence-corrected chi connectivity index (χ2v) is 9.66. The van der Waals surface area contributed by atoms with Crippen molar-refractivity contribution in [2.45, 2.75) is 13.8 Å². The summed E-state index contributed by atoms with van der Waals surface area (Å²) in [5.41, 5.74) is 3.76. The molecule has 0 radical (unpaired) electrons. The summed E-state index contributed by atoms with van der Waals surface area (Å²) in [6, 6.07) is 26.0. The molecule has 5 rings (SSSR count). The average molecular weight is 473 g/mol. The maximum absolute atomic E-state index is 14.1. The largest absolute Gasteiger partial charge is 0.541 e. The zero-order valence-electron chi connectivity index (χ0n) is 19.1. The number of hydrogen-bond donors (Lipinski definition) is 1. The third kappa shape index (κ3) is 4.45. The molecule has 6 nitrogen and oxygen atoms in total. The smallest absolute Gasteiger partial charge is 0.495 e. The SMILES string of the molecule is COc1cc2c(cc1NP(=O)(Oc1cccc(C)c1)Oc1cccc(C)c1)oc1ccccc12. The van der Waals surface area contributed by atoms with Gasteiger partial charge in [-0.1, -0.05) is 42.5 Å². The van der Waals surface area contributed by atoms with E-state index >= 15 is 0 Å². The molecule has 0 fully saturated rings. The van der Waals surface area contributed by atoms with E-state index in [0.717, 1.165) is 27.5 Å². The first-order valence-electron chi connectivity index (χ1n) is 10.8. The number of methoxy groups -OCH3 is 1. The standard InChI is InChI=1S/C27H24NO5P/c1-18-8-6-10-20(14-18)32-34(29,33-21-11-7-9-19(2)15-21)28-24-17-26-23(16-27(24)30-3)22-12-4-5-13-25(22)31-26/h4-17H,1-3H3,(H,28,29). The van der Waals surface area contributed by atoms with Gasteiger partial charge >= 0.3 is 7.75 Å². The quantitative estimate of drug-likeness (QED) is 0.242. The zero-order valence-corrected chi connectivity index (χ0v) is 20.0. The molecule has 4 aromatic carbocycles. The van der Waals surface area contributed by atoms with E-state index in [-0.39, 0.29) is 0 Å². The van der Waals surface area contributed by atoms with Crippen LogP contribution >= 0.6 is 7.75 Å². The monoisotopic (exact) mass is 473 g/mol. The molecule has 0 amide bonds. The van der Waals surface area contributed by atoms with Gasteiger partial charge < -0.3 is 18.2 Å². The van der Waals surface area contributed by atoms with Gasteiger partial charge in [0.1, 0.15) is 28.4 Å². The van der Waals surface area contributed by atoms with Crippen molar-refractivity contribution in [3.05, 3.63) is 96.1 Å². The Labute approximate surface area is 197 Å². The summed E-state index contributed by atoms with van der Waals surface area (Å²) >= 11 is 0. The van der Waals surface area contributed by atoms with Crippen LogP contribution in [0.1, 0.15) is 11.1 Å². The molecule has 1 aromatic heterocycles. The Morgan fingerprint density at radius 1 is 0.735 bits per heavy atom. The minimum absolute atomic E-state index is 0.423. The molecule has 34 heavy (non-hydrogen) atoms. The van der Waals surface area contributed by atoms with Gasteiger partial charge in [-0.3, -0.25) is 5.09 Å². The van der Waals surface area contributed by atoms with Crippen LogP contribution in [-0.4, -0.2) is 7.11 Å². The van der Waals surface area contributed by atoms with Crippen molar-refractivity contribution in [2.75, 3.05) is 12.2 Å². The zero-order chi connectivity index (χ0) is 23.7. The summed E-state index contributed by atoms with van der Waals surface area (Å²) in [4.78, 5) is 0. The van der Waals surface area contributed by atoms with Crippen LogP contribution < -0.4 is 18.9 Å². The van der Waals surface area contributed by atoms with Crippen LogP contribution in [0.4, 0.5) is 5.69 Å². The van der Waals surface area contributed by atoms with Crippen molar-refractivity contribution in [3.63, 3.8) is 0 Å². The summed E-state index contributed by atoms with van der Waals surface area (Å²) in [7, 11) is -2.39. The second-order valence-electron chi connectivity index (χ2n) is 8.07. The number of anilines is 1. The van der Waals surface area contributed by atoms with Gasteiger partial charge in [0.25, 0.3) is 0 Å². The molecule has 0 saturated carbocycles. The first-order valence-corrected chi connectivity index (χ1v) is 12.4. The number of nitrogens with one attached hydrogen (secondary N) is 1. The molecule has 0 spiro atoms. The maximum atomic E-state index is 14.1. The van der Waals surface area contributed by atoms with Gasteiger partial charge in [0.2, 0.25) is 0 Å². The summed E-state index contributed by atoms with van der Waals surface area (Å²) in [5.74, 6) is 1.33. The lowest BCUT2D eigenvalue weighted by atomic mass is 10.1. The third-order valence-corrected chi connectivity index (χ3v) is 6.80. The Morgan fingerprint density at radius 2 is 1.38 bits per heavy atom. The lowest BCUT2D eigenvalue weighted by molar-refractivity contribution is 0.390. The maximum Gasteiger partial charge on any atom is 0.541 e. The lowest BCUT2D eigenvalue weighted by Gasteiger charge is -2.22. The third-order valence-electron chi connectivity index (χ3n) is 5.39. The van der Waals surface area contributed by atoms with Crippen molar-refractivity contribution < 1.29 is 22.8 Å². The highest BCUT2D eigenvalue weighted by molar-refractivity contribution is 7.56. The Bertz CT molecular complexity index is 1490. The van der Waals surface area contributed by atoms with E-state index in [0.29, 0.717) is 28.5 Å². The highest BCUT2D eigenvalue weighted by Crippen LogP contribution is 2.51. The Kier molecular flexibility index (Phi) is 5.68. The van der Waals surface area contributed by atoms with Gasteiger partial charge in [0, 0.05) is 16.8 Å². The van der Waals surface area contributed by atoms with Gasteiger partial charge in [-0.05, 0) is 61.4 Å². The lowest BCUT2D eigenvalue weighted by Crippen LogP contribution is -2.10. The van der Waals surface area contributed by atoms with Crippen molar-refractivity contribution in [2.24, 2.45) is 0 Å². The molecule has 1 N–H and O–H groups in total. The fourth-order valence-corrected chi connectivity index (χ4v) is 5.22. The molecular weight excluding hydrogens is 449 g/mol. The number of ether oxygens (including phenoxy) is 1. The number of fused-ring (bicyclic) bond motifs is 3. The number of benzene rings is 4. The topological polar surface area (TPSA) is 69.9 Å². The Morgan fingerprint density at radius 3 is 2.00 bits per heavy atom. The van der Waals surface area contributed by atoms with E-state index in [1.165, 1.54) is 0 Å². The molecule has 5 aromatic rings. The summed E-state index contributed by atoms with van der Waals surface area (Å²) in [6.45, 7) is 3.87. The van der Waals surface area contributed by atoms with Gasteiger partial charge in [-0.2, -0.15) is 0 Å². The van der Waals surface area contributed by atoms with Crippen molar-refractivity contribution in [3.8, 4) is 17.2 Å². The Hall–Kier alpha value is -3.89. The van der Waals surface area contributed by atoms with Crippen LogP contribution in [0, 0.1) is 13.8 Å². The molecular formula is C27H24NO5P. The highest BCUT2D eigenvalue weighted by Gasteiger charge is 2.31. The van der Waals surface area contributed by atoms with E-state index in [1.807, 2.05) is 68.4 Å². The average Bonchev–Trinajstić information content (AvgIpc) is 3.15. The number of hydrogen-bond acceptors (Lipinski definition) is 5. The first-order chi connectivity index (χ1) is 16.4. The molecule has 172 valence electrons. The first kappa shape index (κ1) is 21.9. The molecule has 1 heterocycles. The highest BCUT2D eigenvalue weighted by atomic mass is 31.2. The van der Waals surface area contributed by atoms with Crippen molar-refractivity contribution in [1.29, 1.82) is 0 Å². The van der Waals surface area contributed by atoms with E-state index in [1.54, 1.807) is 37.4 Å². The van der Waals surface area contributed by atoms with E-state index < -0.39 is 7.75 Å². The van der Waals surface area contributed by atoms with E-state index in [2.05, 4.69) is 5.09 Å². The molecule has 0 unspecified atom stereocenters. The number of rotatable bonds is 7. The fourth-order valence-electron chi connectivity index (χ4n) is 3.84. The molecule has 0 atom stereocenters. The molecule has 0 aliphatic rings. The number of para-hydroxylation sites is 1. The normalized spacial score (nSPS) is 11.5. The summed E-state index contributed by atoms with van der Waals surface area (Å²) in [6.07, 6.45) is 0. The fraction of sp³-hybridized carbons (Fsp3) is 0.111. The van der Waals surface area contributed by atoms with E-state index in [4.69, 9.17) is 18.2 Å².